The predicted octanol–water partition coefficient (Wildman–Crippen LogP) is 3.78. The van der Waals surface area contributed by atoms with Crippen LogP contribution in [0, 0.1) is 0 Å². The molecule has 18 heavy (non-hydrogen) atoms. The van der Waals surface area contributed by atoms with Gasteiger partial charge in [-0.05, 0) is 13.8 Å². The van der Waals surface area contributed by atoms with E-state index in [-0.39, 0.29) is 5.78 Å². The van der Waals surface area contributed by atoms with Crippen molar-refractivity contribution in [1.29, 1.82) is 0 Å². The quantitative estimate of drug-likeness (QED) is 0.367. The maximum Gasteiger partial charge on any atom is 0.208 e. The zero-order valence-electron chi connectivity index (χ0n) is 11.2. The summed E-state index contributed by atoms with van der Waals surface area (Å²) >= 11 is 0. The van der Waals surface area contributed by atoms with E-state index in [1.807, 2.05) is 26.1 Å². The Labute approximate surface area is 110 Å². The molecule has 0 saturated carbocycles. The topological polar surface area (TPSA) is 20.3 Å². The second-order valence-corrected chi connectivity index (χ2v) is 3.54. The fraction of sp³-hybridized carbons (Fsp3) is 0.188. The fourth-order valence-electron chi connectivity index (χ4n) is 1.35. The van der Waals surface area contributed by atoms with Crippen molar-refractivity contribution in [3.63, 3.8) is 0 Å². The lowest BCUT2D eigenvalue weighted by atomic mass is 10.1. The molecule has 0 radical (unpaired) electrons. The molecule has 96 valence electrons. The number of ketones is 1. The molecular weight excluding hydrogens is 222 g/mol. The zero-order valence-corrected chi connectivity index (χ0v) is 11.2. The Bertz CT molecular complexity index is 411. The van der Waals surface area contributed by atoms with Crippen LogP contribution in [0.2, 0.25) is 0 Å². The van der Waals surface area contributed by atoms with Crippen molar-refractivity contribution in [1.82, 2.24) is 4.90 Å². The van der Waals surface area contributed by atoms with Crippen LogP contribution in [-0.2, 0) is 4.79 Å². The van der Waals surface area contributed by atoms with Gasteiger partial charge in [-0.1, -0.05) is 49.6 Å². The second kappa shape index (κ2) is 8.99. The molecule has 0 atom stereocenters. The third-order valence-corrected chi connectivity index (χ3v) is 2.25. The third-order valence-electron chi connectivity index (χ3n) is 2.25. The molecule has 0 saturated heterocycles. The maximum absolute atomic E-state index is 12.2. The lowest BCUT2D eigenvalue weighted by molar-refractivity contribution is -0.113. The molecule has 0 heterocycles. The van der Waals surface area contributed by atoms with E-state index < -0.39 is 0 Å². The van der Waals surface area contributed by atoms with Crippen LogP contribution in [-0.4, -0.2) is 17.2 Å². The van der Waals surface area contributed by atoms with Crippen molar-refractivity contribution in [3.05, 3.63) is 73.7 Å². The van der Waals surface area contributed by atoms with E-state index >= 15 is 0 Å². The molecule has 0 spiro atoms. The summed E-state index contributed by atoms with van der Waals surface area (Å²) < 4.78 is 0. The Morgan fingerprint density at radius 2 is 1.94 bits per heavy atom. The molecule has 0 bridgehead atoms. The minimum Gasteiger partial charge on any atom is -0.342 e. The van der Waals surface area contributed by atoms with Crippen molar-refractivity contribution < 1.29 is 4.79 Å². The Morgan fingerprint density at radius 3 is 2.39 bits per heavy atom. The van der Waals surface area contributed by atoms with Crippen molar-refractivity contribution >= 4 is 5.78 Å². The molecule has 0 fully saturated rings. The number of hydrogen-bond acceptors (Lipinski definition) is 2. The van der Waals surface area contributed by atoms with E-state index in [1.165, 1.54) is 0 Å². The van der Waals surface area contributed by atoms with E-state index in [9.17, 15) is 4.79 Å². The van der Waals surface area contributed by atoms with Crippen molar-refractivity contribution in [2.24, 2.45) is 0 Å². The second-order valence-electron chi connectivity index (χ2n) is 3.54. The van der Waals surface area contributed by atoms with Gasteiger partial charge in [-0.2, -0.15) is 0 Å². The van der Waals surface area contributed by atoms with Crippen LogP contribution < -0.4 is 0 Å². The normalized spacial score (nSPS) is 11.8. The molecule has 0 aromatic carbocycles. The standard InChI is InChI=1S/C16H21NO/c1-6-10-11-15(9-4)16(18)14(5)17(12-7-2)13-8-3/h6-11,13H,1-2,5,12H2,3-4H3/b11-10-,13-8-,15-9+. The molecule has 0 unspecified atom stereocenters. The van der Waals surface area contributed by atoms with Crippen LogP contribution in [0.1, 0.15) is 13.8 Å². The first-order valence-electron chi connectivity index (χ1n) is 5.81. The van der Waals surface area contributed by atoms with E-state index in [2.05, 4.69) is 19.7 Å². The minimum absolute atomic E-state index is 0.101. The summed E-state index contributed by atoms with van der Waals surface area (Å²) in [6.45, 7) is 15.4. The highest BCUT2D eigenvalue weighted by Gasteiger charge is 2.14. The van der Waals surface area contributed by atoms with Crippen LogP contribution in [0.5, 0.6) is 0 Å². The summed E-state index contributed by atoms with van der Waals surface area (Å²) in [7, 11) is 0. The summed E-state index contributed by atoms with van der Waals surface area (Å²) in [6, 6.07) is 0. The SMILES string of the molecule is C=C/C=C\C(=C/C)C(=O)C(=C)N(/C=C\C)CC=C. The number of carbonyl (C=O) groups excluding carboxylic acids is 1. The van der Waals surface area contributed by atoms with Gasteiger partial charge < -0.3 is 4.90 Å². The lowest BCUT2D eigenvalue weighted by Crippen LogP contribution is -2.22. The average molecular weight is 243 g/mol. The van der Waals surface area contributed by atoms with Crippen LogP contribution in [0.15, 0.2) is 73.7 Å². The maximum atomic E-state index is 12.2. The molecule has 0 N–H and O–H groups in total. The van der Waals surface area contributed by atoms with Crippen molar-refractivity contribution in [2.45, 2.75) is 13.8 Å². The highest BCUT2D eigenvalue weighted by Crippen LogP contribution is 2.12. The highest BCUT2D eigenvalue weighted by atomic mass is 16.1. The number of allylic oxidation sites excluding steroid dienone is 6. The Morgan fingerprint density at radius 1 is 1.28 bits per heavy atom. The van der Waals surface area contributed by atoms with E-state index in [0.29, 0.717) is 17.8 Å². The first-order chi connectivity index (χ1) is 8.62. The molecule has 0 aromatic rings. The molecular formula is C16H21NO. The van der Waals surface area contributed by atoms with Gasteiger partial charge in [-0.15, -0.1) is 6.58 Å². The molecule has 0 aliphatic carbocycles. The Balaban J connectivity index is 5.05. The van der Waals surface area contributed by atoms with Gasteiger partial charge in [0.1, 0.15) is 0 Å². The summed E-state index contributed by atoms with van der Waals surface area (Å²) in [5.74, 6) is -0.101. The largest absolute Gasteiger partial charge is 0.342 e. The van der Waals surface area contributed by atoms with Crippen LogP contribution in [0.25, 0.3) is 0 Å². The lowest BCUT2D eigenvalue weighted by Gasteiger charge is -2.20. The van der Waals surface area contributed by atoms with Crippen molar-refractivity contribution in [2.75, 3.05) is 6.54 Å². The molecule has 0 aromatic heterocycles. The number of hydrogen-bond donors (Lipinski definition) is 0. The molecule has 2 nitrogen and oxygen atoms in total. The highest BCUT2D eigenvalue weighted by molar-refractivity contribution is 6.09. The minimum atomic E-state index is -0.101. The van der Waals surface area contributed by atoms with Gasteiger partial charge in [0.2, 0.25) is 5.78 Å². The predicted molar refractivity (Wildman–Crippen MR) is 79.0 cm³/mol. The van der Waals surface area contributed by atoms with E-state index in [1.54, 1.807) is 35.3 Å². The smallest absolute Gasteiger partial charge is 0.208 e. The number of rotatable bonds is 8. The summed E-state index contributed by atoms with van der Waals surface area (Å²) in [5.41, 5.74) is 1.02. The van der Waals surface area contributed by atoms with Crippen LogP contribution in [0.3, 0.4) is 0 Å². The van der Waals surface area contributed by atoms with Gasteiger partial charge in [0.05, 0.1) is 5.70 Å². The molecule has 0 rings (SSSR count). The monoisotopic (exact) mass is 243 g/mol. The molecule has 2 heteroatoms. The Kier molecular flexibility index (Phi) is 7.95. The van der Waals surface area contributed by atoms with Gasteiger partial charge >= 0.3 is 0 Å². The van der Waals surface area contributed by atoms with Gasteiger partial charge in [0.25, 0.3) is 0 Å². The van der Waals surface area contributed by atoms with Crippen LogP contribution >= 0.6 is 0 Å². The summed E-state index contributed by atoms with van der Waals surface area (Å²) in [4.78, 5) is 14.0. The van der Waals surface area contributed by atoms with Crippen LogP contribution in [0.4, 0.5) is 0 Å². The summed E-state index contributed by atoms with van der Waals surface area (Å²) in [6.07, 6.45) is 12.2. The van der Waals surface area contributed by atoms with Gasteiger partial charge in [0, 0.05) is 18.3 Å². The fourth-order valence-corrected chi connectivity index (χ4v) is 1.35. The molecule has 0 aliphatic rings. The van der Waals surface area contributed by atoms with Crippen molar-refractivity contribution in [3.8, 4) is 0 Å². The molecule has 0 aliphatic heterocycles. The van der Waals surface area contributed by atoms with Gasteiger partial charge in [-0.3, -0.25) is 4.79 Å². The van der Waals surface area contributed by atoms with E-state index in [4.69, 9.17) is 0 Å². The number of nitrogens with zero attached hydrogens (tertiary/aromatic N) is 1. The number of carbonyl (C=O) groups is 1. The number of Topliss-reactive ketones (excluding diaryl/α,β-unsaturated/α-hetero) is 1. The van der Waals surface area contributed by atoms with Gasteiger partial charge in [0.15, 0.2) is 0 Å². The Hall–Kier alpha value is -2.09. The summed E-state index contributed by atoms with van der Waals surface area (Å²) in [5, 5.41) is 0. The molecule has 0 amide bonds. The third kappa shape index (κ3) is 4.83. The average Bonchev–Trinajstić information content (AvgIpc) is 2.38. The van der Waals surface area contributed by atoms with Gasteiger partial charge in [-0.25, -0.2) is 0 Å². The first kappa shape index (κ1) is 15.9. The zero-order chi connectivity index (χ0) is 14.0. The first-order valence-corrected chi connectivity index (χ1v) is 5.81. The van der Waals surface area contributed by atoms with E-state index in [0.717, 1.165) is 0 Å².